The van der Waals surface area contributed by atoms with E-state index in [1.807, 2.05) is 31.2 Å². The van der Waals surface area contributed by atoms with Crippen LogP contribution in [-0.4, -0.2) is 30.6 Å². The molecule has 2 bridgehead atoms. The summed E-state index contributed by atoms with van der Waals surface area (Å²) in [7, 11) is 0. The van der Waals surface area contributed by atoms with Crippen molar-refractivity contribution in [3.63, 3.8) is 0 Å². The van der Waals surface area contributed by atoms with Crippen molar-refractivity contribution < 1.29 is 28.4 Å². The van der Waals surface area contributed by atoms with Crippen LogP contribution in [0, 0.1) is 41.3 Å². The maximum Gasteiger partial charge on any atom is 0.201 e. The van der Waals surface area contributed by atoms with Crippen LogP contribution in [0.2, 0.25) is 0 Å². The number of hydrogen-bond acceptors (Lipinski definition) is 5. The highest BCUT2D eigenvalue weighted by Gasteiger charge is 2.69. The minimum absolute atomic E-state index is 0.160. The van der Waals surface area contributed by atoms with E-state index in [1.165, 1.54) is 18.6 Å². The molecule has 8 atom stereocenters. The second kappa shape index (κ2) is 9.80. The smallest absolute Gasteiger partial charge is 0.201 e. The Morgan fingerprint density at radius 1 is 0.946 bits per heavy atom. The first kappa shape index (κ1) is 25.0. The van der Waals surface area contributed by atoms with Gasteiger partial charge in [0, 0.05) is 30.2 Å². The third-order valence-corrected chi connectivity index (χ3v) is 8.90. The Kier molecular flexibility index (Phi) is 6.63. The van der Waals surface area contributed by atoms with Gasteiger partial charge in [0.1, 0.15) is 5.82 Å². The van der Waals surface area contributed by atoms with Crippen LogP contribution in [-0.2, 0) is 24.0 Å². The molecule has 196 valence electrons. The van der Waals surface area contributed by atoms with Crippen molar-refractivity contribution in [2.24, 2.45) is 23.7 Å². The first-order chi connectivity index (χ1) is 17.9. The number of halogens is 1. The van der Waals surface area contributed by atoms with E-state index in [-0.39, 0.29) is 23.9 Å². The lowest BCUT2D eigenvalue weighted by molar-refractivity contribution is -0.577. The molecule has 5 fully saturated rings. The van der Waals surface area contributed by atoms with Gasteiger partial charge in [-0.3, -0.25) is 0 Å². The van der Waals surface area contributed by atoms with E-state index in [0.29, 0.717) is 24.9 Å². The SMILES string of the molecule is C[C@H]1[C@@H](OCCC#Cc2ccc(-c3ccc(F)cc3)cc2)O[C@@H]2O[C@@]3(C)CC[C@H]4[C@H](C)CC[C@@H]1[C@@]24OO3. The first-order valence-electron chi connectivity index (χ1n) is 13.5. The van der Waals surface area contributed by atoms with Crippen molar-refractivity contribution in [3.05, 3.63) is 59.9 Å². The van der Waals surface area contributed by atoms with Crippen LogP contribution >= 0.6 is 0 Å². The molecule has 5 aliphatic rings. The van der Waals surface area contributed by atoms with Gasteiger partial charge >= 0.3 is 0 Å². The zero-order valence-corrected chi connectivity index (χ0v) is 21.7. The fourth-order valence-electron chi connectivity index (χ4n) is 6.84. The topological polar surface area (TPSA) is 46.2 Å². The zero-order chi connectivity index (χ0) is 25.6. The molecule has 1 saturated carbocycles. The van der Waals surface area contributed by atoms with E-state index in [2.05, 4.69) is 25.7 Å². The predicted octanol–water partition coefficient (Wildman–Crippen LogP) is 6.46. The molecule has 5 nitrogen and oxygen atoms in total. The summed E-state index contributed by atoms with van der Waals surface area (Å²) in [6.45, 7) is 6.94. The van der Waals surface area contributed by atoms with Gasteiger partial charge in [-0.2, -0.15) is 0 Å². The number of fused-ring (bicyclic) bond motifs is 2. The zero-order valence-electron chi connectivity index (χ0n) is 21.7. The van der Waals surface area contributed by atoms with Crippen molar-refractivity contribution in [2.75, 3.05) is 6.61 Å². The van der Waals surface area contributed by atoms with Gasteiger partial charge in [-0.1, -0.05) is 50.0 Å². The van der Waals surface area contributed by atoms with E-state index in [1.54, 1.807) is 12.1 Å². The Labute approximate surface area is 218 Å². The monoisotopic (exact) mass is 506 g/mol. The van der Waals surface area contributed by atoms with Crippen LogP contribution in [0.4, 0.5) is 4.39 Å². The van der Waals surface area contributed by atoms with E-state index in [4.69, 9.17) is 24.0 Å². The molecule has 0 unspecified atom stereocenters. The highest BCUT2D eigenvalue weighted by molar-refractivity contribution is 5.64. The quantitative estimate of drug-likeness (QED) is 0.271. The molecule has 6 heteroatoms. The van der Waals surface area contributed by atoms with Crippen molar-refractivity contribution in [1.82, 2.24) is 0 Å². The first-order valence-corrected chi connectivity index (χ1v) is 13.5. The molecule has 0 radical (unpaired) electrons. The Morgan fingerprint density at radius 2 is 1.68 bits per heavy atom. The molecule has 37 heavy (non-hydrogen) atoms. The van der Waals surface area contributed by atoms with Crippen molar-refractivity contribution in [1.29, 1.82) is 0 Å². The average Bonchev–Trinajstić information content (AvgIpc) is 3.13. The number of benzene rings is 2. The maximum atomic E-state index is 13.2. The predicted molar refractivity (Wildman–Crippen MR) is 136 cm³/mol. The van der Waals surface area contributed by atoms with E-state index in [0.717, 1.165) is 36.0 Å². The highest BCUT2D eigenvalue weighted by atomic mass is 19.1. The van der Waals surface area contributed by atoms with E-state index in [9.17, 15) is 4.39 Å². The Balaban J connectivity index is 1.08. The van der Waals surface area contributed by atoms with Gasteiger partial charge < -0.3 is 14.2 Å². The Morgan fingerprint density at radius 3 is 2.43 bits per heavy atom. The maximum absolute atomic E-state index is 13.2. The number of hydrogen-bond donors (Lipinski definition) is 0. The van der Waals surface area contributed by atoms with Gasteiger partial charge in [-0.25, -0.2) is 14.2 Å². The molecule has 4 heterocycles. The van der Waals surface area contributed by atoms with Crippen LogP contribution in [0.25, 0.3) is 11.1 Å². The summed E-state index contributed by atoms with van der Waals surface area (Å²) >= 11 is 0. The molecule has 4 saturated heterocycles. The van der Waals surface area contributed by atoms with E-state index < -0.39 is 17.7 Å². The average molecular weight is 507 g/mol. The minimum Gasteiger partial charge on any atom is -0.351 e. The molecule has 1 spiro atoms. The second-order valence-electron chi connectivity index (χ2n) is 11.3. The van der Waals surface area contributed by atoms with Crippen LogP contribution in [0.15, 0.2) is 48.5 Å². The number of rotatable bonds is 4. The summed E-state index contributed by atoms with van der Waals surface area (Å²) < 4.78 is 32.3. The van der Waals surface area contributed by atoms with Gasteiger partial charge in [-0.05, 0) is 73.4 Å². The molecule has 7 rings (SSSR count). The summed E-state index contributed by atoms with van der Waals surface area (Å²) in [6.07, 6.45) is 3.80. The molecule has 1 aliphatic carbocycles. The summed E-state index contributed by atoms with van der Waals surface area (Å²) in [4.78, 5) is 12.1. The Bertz CT molecular complexity index is 1170. The van der Waals surface area contributed by atoms with Crippen LogP contribution in [0.3, 0.4) is 0 Å². The third-order valence-electron chi connectivity index (χ3n) is 8.90. The van der Waals surface area contributed by atoms with Crippen LogP contribution < -0.4 is 0 Å². The summed E-state index contributed by atoms with van der Waals surface area (Å²) in [6, 6.07) is 14.5. The third kappa shape index (κ3) is 4.51. The second-order valence-corrected chi connectivity index (χ2v) is 11.3. The lowest BCUT2D eigenvalue weighted by Gasteiger charge is -2.60. The van der Waals surface area contributed by atoms with Gasteiger partial charge in [-0.15, -0.1) is 0 Å². The molecular weight excluding hydrogens is 471 g/mol. The normalized spacial score (nSPS) is 38.3. The fraction of sp³-hybridized carbons (Fsp3) is 0.548. The van der Waals surface area contributed by atoms with Crippen molar-refractivity contribution in [2.45, 2.75) is 76.8 Å². The molecular formula is C31H35FO5. The van der Waals surface area contributed by atoms with E-state index >= 15 is 0 Å². The lowest BCUT2D eigenvalue weighted by atomic mass is 9.58. The van der Waals surface area contributed by atoms with Gasteiger partial charge in [0.25, 0.3) is 0 Å². The fourth-order valence-corrected chi connectivity index (χ4v) is 6.84. The van der Waals surface area contributed by atoms with Crippen molar-refractivity contribution >= 4 is 0 Å². The molecule has 0 N–H and O–H groups in total. The standard InChI is InChI=1S/C31H35FO5/c1-20-7-16-27-21(2)28(34-29-31(27)26(20)17-18-30(3,35-29)36-37-31)33-19-5-4-6-22-8-10-23(11-9-22)24-12-14-25(32)15-13-24/h8-15,20-21,26-29H,5,7,16-19H2,1-3H3/t20-,21-,26+,27+,28+,29-,30-,31-/m1/s1. The Hall–Kier alpha value is -2.27. The molecule has 2 aromatic rings. The number of ether oxygens (including phenoxy) is 3. The molecule has 0 aromatic heterocycles. The van der Waals surface area contributed by atoms with Gasteiger partial charge in [0.2, 0.25) is 5.79 Å². The van der Waals surface area contributed by atoms with Gasteiger partial charge in [0.15, 0.2) is 18.2 Å². The highest BCUT2D eigenvalue weighted by Crippen LogP contribution is 2.60. The van der Waals surface area contributed by atoms with Gasteiger partial charge in [0.05, 0.1) is 6.61 Å². The summed E-state index contributed by atoms with van der Waals surface area (Å²) in [5.74, 6) is 6.72. The summed E-state index contributed by atoms with van der Waals surface area (Å²) in [5.41, 5.74) is 2.39. The summed E-state index contributed by atoms with van der Waals surface area (Å²) in [5, 5.41) is 0. The molecule has 4 aliphatic heterocycles. The minimum atomic E-state index is -0.777. The van der Waals surface area contributed by atoms with Crippen molar-refractivity contribution in [3.8, 4) is 23.0 Å². The molecule has 0 amide bonds. The lowest BCUT2D eigenvalue weighted by Crippen LogP contribution is -2.70. The largest absolute Gasteiger partial charge is 0.351 e. The van der Waals surface area contributed by atoms with Crippen LogP contribution in [0.5, 0.6) is 0 Å². The molecule has 2 aromatic carbocycles. The van der Waals surface area contributed by atoms with Crippen LogP contribution in [0.1, 0.15) is 58.4 Å².